The molecule has 0 heterocycles. The van der Waals surface area contributed by atoms with Crippen LogP contribution in [0.5, 0.6) is 11.5 Å². The first kappa shape index (κ1) is 19.8. The van der Waals surface area contributed by atoms with Crippen molar-refractivity contribution in [2.75, 3.05) is 13.2 Å². The molecule has 1 N–H and O–H groups in total. The van der Waals surface area contributed by atoms with Gasteiger partial charge in [0.1, 0.15) is 11.5 Å². The Hall–Kier alpha value is -2.49. The molecule has 2 aromatic rings. The molecule has 0 saturated carbocycles. The maximum absolute atomic E-state index is 12.2. The molecule has 4 nitrogen and oxygen atoms in total. The van der Waals surface area contributed by atoms with Crippen molar-refractivity contribution < 1.29 is 14.3 Å². The van der Waals surface area contributed by atoms with Gasteiger partial charge < -0.3 is 14.8 Å². The van der Waals surface area contributed by atoms with Gasteiger partial charge in [-0.2, -0.15) is 0 Å². The predicted octanol–water partition coefficient (Wildman–Crippen LogP) is 4.16. The first-order valence-corrected chi connectivity index (χ1v) is 9.38. The molecule has 1 amide bonds. The van der Waals surface area contributed by atoms with Gasteiger partial charge in [0, 0.05) is 6.54 Å². The van der Waals surface area contributed by atoms with Crippen molar-refractivity contribution in [2.45, 2.75) is 46.1 Å². The average molecular weight is 355 g/mol. The molecule has 2 aromatic carbocycles. The fraction of sp³-hybridized carbons (Fsp3) is 0.409. The Bertz CT molecular complexity index is 682. The van der Waals surface area contributed by atoms with Gasteiger partial charge in [-0.05, 0) is 62.4 Å². The van der Waals surface area contributed by atoms with Gasteiger partial charge in [0.25, 0.3) is 5.91 Å². The Labute approximate surface area is 156 Å². The molecule has 0 fully saturated rings. The topological polar surface area (TPSA) is 47.6 Å². The molecule has 0 radical (unpaired) electrons. The van der Waals surface area contributed by atoms with E-state index in [9.17, 15) is 4.79 Å². The number of aryl methyl sites for hydroxylation is 2. The number of nitrogens with one attached hydrogen (secondary N) is 1. The summed E-state index contributed by atoms with van der Waals surface area (Å²) in [6.45, 7) is 7.15. The van der Waals surface area contributed by atoms with Gasteiger partial charge in [-0.1, -0.05) is 37.3 Å². The fourth-order valence-electron chi connectivity index (χ4n) is 2.72. The van der Waals surface area contributed by atoms with Crippen LogP contribution in [-0.2, 0) is 17.6 Å². The molecule has 0 spiro atoms. The second-order valence-corrected chi connectivity index (χ2v) is 6.19. The smallest absolute Gasteiger partial charge is 0.260 e. The summed E-state index contributed by atoms with van der Waals surface area (Å²) in [5.74, 6) is 1.59. The number of hydrogen-bond donors (Lipinski definition) is 1. The van der Waals surface area contributed by atoms with E-state index in [1.165, 1.54) is 5.56 Å². The Morgan fingerprint density at radius 2 is 1.81 bits per heavy atom. The van der Waals surface area contributed by atoms with Crippen LogP contribution in [0.15, 0.2) is 48.5 Å². The number of carbonyl (C=O) groups is 1. The van der Waals surface area contributed by atoms with Gasteiger partial charge in [-0.3, -0.25) is 4.79 Å². The first-order valence-electron chi connectivity index (χ1n) is 9.38. The second-order valence-electron chi connectivity index (χ2n) is 6.19. The highest BCUT2D eigenvalue weighted by Crippen LogP contribution is 2.19. The van der Waals surface area contributed by atoms with Gasteiger partial charge >= 0.3 is 0 Å². The number of rotatable bonds is 10. The molecule has 0 aliphatic rings. The van der Waals surface area contributed by atoms with Crippen molar-refractivity contribution in [2.24, 2.45) is 0 Å². The van der Waals surface area contributed by atoms with Crippen molar-refractivity contribution in [3.05, 3.63) is 59.7 Å². The lowest BCUT2D eigenvalue weighted by molar-refractivity contribution is -0.127. The minimum absolute atomic E-state index is 0.0809. The van der Waals surface area contributed by atoms with Crippen LogP contribution in [0.3, 0.4) is 0 Å². The van der Waals surface area contributed by atoms with E-state index in [1.807, 2.05) is 43.3 Å². The molecule has 1 atom stereocenters. The van der Waals surface area contributed by atoms with Crippen molar-refractivity contribution in [3.63, 3.8) is 0 Å². The zero-order valence-corrected chi connectivity index (χ0v) is 16.0. The molecule has 4 heteroatoms. The molecule has 0 bridgehead atoms. The summed E-state index contributed by atoms with van der Waals surface area (Å²) in [4.78, 5) is 12.2. The number of hydrogen-bond acceptors (Lipinski definition) is 3. The molecule has 2 rings (SSSR count). The van der Waals surface area contributed by atoms with E-state index in [1.54, 1.807) is 6.92 Å². The van der Waals surface area contributed by atoms with Crippen LogP contribution in [0.25, 0.3) is 0 Å². The lowest BCUT2D eigenvalue weighted by Crippen LogP contribution is -2.37. The van der Waals surface area contributed by atoms with Gasteiger partial charge in [-0.25, -0.2) is 0 Å². The summed E-state index contributed by atoms with van der Waals surface area (Å²) < 4.78 is 11.3. The van der Waals surface area contributed by atoms with Gasteiger partial charge in [0.15, 0.2) is 6.10 Å². The molecule has 0 aromatic heterocycles. The largest absolute Gasteiger partial charge is 0.494 e. The Kier molecular flexibility index (Phi) is 8.00. The van der Waals surface area contributed by atoms with Crippen molar-refractivity contribution in [3.8, 4) is 11.5 Å². The summed E-state index contributed by atoms with van der Waals surface area (Å²) in [5, 5.41) is 2.95. The lowest BCUT2D eigenvalue weighted by atomic mass is 10.1. The van der Waals surface area contributed by atoms with Crippen molar-refractivity contribution in [1.82, 2.24) is 5.32 Å². The van der Waals surface area contributed by atoms with Crippen LogP contribution in [0.4, 0.5) is 0 Å². The normalized spacial score (nSPS) is 11.7. The summed E-state index contributed by atoms with van der Waals surface area (Å²) in [6.07, 6.45) is 2.18. The number of benzene rings is 2. The Morgan fingerprint density at radius 3 is 2.50 bits per heavy atom. The summed E-state index contributed by atoms with van der Waals surface area (Å²) in [5.41, 5.74) is 2.35. The summed E-state index contributed by atoms with van der Waals surface area (Å²) >= 11 is 0. The molecule has 0 aliphatic carbocycles. The van der Waals surface area contributed by atoms with Crippen LogP contribution < -0.4 is 14.8 Å². The van der Waals surface area contributed by atoms with Gasteiger partial charge in [0.2, 0.25) is 0 Å². The fourth-order valence-corrected chi connectivity index (χ4v) is 2.72. The summed E-state index contributed by atoms with van der Waals surface area (Å²) in [7, 11) is 0. The highest BCUT2D eigenvalue weighted by molar-refractivity contribution is 5.80. The standard InChI is InChI=1S/C22H29NO3/c1-4-19-10-6-7-11-21(19)26-17(3)22(24)23-16-8-9-18-12-14-20(15-13-18)25-5-2/h6-7,10-15,17H,4-5,8-9,16H2,1-3H3,(H,23,24)/t17-/m1/s1. The maximum atomic E-state index is 12.2. The molecule has 0 unspecified atom stereocenters. The van der Waals surface area contributed by atoms with E-state index in [2.05, 4.69) is 24.4 Å². The lowest BCUT2D eigenvalue weighted by Gasteiger charge is -2.17. The van der Waals surface area contributed by atoms with Crippen LogP contribution in [0.1, 0.15) is 38.3 Å². The quantitative estimate of drug-likeness (QED) is 0.651. The molecule has 26 heavy (non-hydrogen) atoms. The van der Waals surface area contributed by atoms with Gasteiger partial charge in [0.05, 0.1) is 6.61 Å². The third-order valence-corrected chi connectivity index (χ3v) is 4.20. The molecular formula is C22H29NO3. The summed E-state index contributed by atoms with van der Waals surface area (Å²) in [6, 6.07) is 16.0. The van der Waals surface area contributed by atoms with Crippen LogP contribution in [-0.4, -0.2) is 25.2 Å². The zero-order valence-electron chi connectivity index (χ0n) is 16.0. The van der Waals surface area contributed by atoms with Crippen LogP contribution in [0, 0.1) is 0 Å². The van der Waals surface area contributed by atoms with Crippen molar-refractivity contribution in [1.29, 1.82) is 0 Å². The SMILES string of the molecule is CCOc1ccc(CCCNC(=O)[C@@H](C)Oc2ccccc2CC)cc1. The molecular weight excluding hydrogens is 326 g/mol. The Balaban J connectivity index is 1.72. The molecule has 0 aliphatic heterocycles. The Morgan fingerprint density at radius 1 is 1.08 bits per heavy atom. The van der Waals surface area contributed by atoms with Gasteiger partial charge in [-0.15, -0.1) is 0 Å². The van der Waals surface area contributed by atoms with Crippen LogP contribution >= 0.6 is 0 Å². The highest BCUT2D eigenvalue weighted by atomic mass is 16.5. The number of carbonyl (C=O) groups excluding carboxylic acids is 1. The van der Waals surface area contributed by atoms with E-state index >= 15 is 0 Å². The molecule has 140 valence electrons. The zero-order chi connectivity index (χ0) is 18.8. The minimum Gasteiger partial charge on any atom is -0.494 e. The first-order chi connectivity index (χ1) is 12.6. The predicted molar refractivity (Wildman–Crippen MR) is 105 cm³/mol. The number of amides is 1. The third kappa shape index (κ3) is 6.10. The van der Waals surface area contributed by atoms with Crippen LogP contribution in [0.2, 0.25) is 0 Å². The van der Waals surface area contributed by atoms with E-state index in [-0.39, 0.29) is 5.91 Å². The third-order valence-electron chi connectivity index (χ3n) is 4.20. The maximum Gasteiger partial charge on any atom is 0.260 e. The number of para-hydroxylation sites is 1. The van der Waals surface area contributed by atoms with Crippen molar-refractivity contribution >= 4 is 5.91 Å². The second kappa shape index (κ2) is 10.5. The average Bonchev–Trinajstić information content (AvgIpc) is 2.67. The van der Waals surface area contributed by atoms with E-state index < -0.39 is 6.10 Å². The van der Waals surface area contributed by atoms with E-state index in [4.69, 9.17) is 9.47 Å². The highest BCUT2D eigenvalue weighted by Gasteiger charge is 2.15. The molecule has 0 saturated heterocycles. The van der Waals surface area contributed by atoms with E-state index in [0.717, 1.165) is 36.3 Å². The van der Waals surface area contributed by atoms with E-state index in [0.29, 0.717) is 13.2 Å². The monoisotopic (exact) mass is 355 g/mol. The minimum atomic E-state index is -0.506. The number of ether oxygens (including phenoxy) is 2.